The summed E-state index contributed by atoms with van der Waals surface area (Å²) in [6.45, 7) is 5.97. The third kappa shape index (κ3) is 5.49. The van der Waals surface area contributed by atoms with Gasteiger partial charge in [-0.1, -0.05) is 68.4 Å². The number of nitrogens with one attached hydrogen (secondary N) is 2. The van der Waals surface area contributed by atoms with Gasteiger partial charge in [-0.3, -0.25) is 19.3 Å². The summed E-state index contributed by atoms with van der Waals surface area (Å²) in [6.07, 6.45) is 0.573. The molecule has 0 saturated heterocycles. The van der Waals surface area contributed by atoms with Crippen LogP contribution in [0.5, 0.6) is 0 Å². The normalized spacial score (nSPS) is 13.5. The van der Waals surface area contributed by atoms with Gasteiger partial charge in [-0.05, 0) is 53.3 Å². The highest BCUT2D eigenvalue weighted by Gasteiger charge is 2.39. The van der Waals surface area contributed by atoms with Crippen molar-refractivity contribution in [3.63, 3.8) is 0 Å². The minimum atomic E-state index is -0.347. The summed E-state index contributed by atoms with van der Waals surface area (Å²) in [5.74, 6) is -0.466. The van der Waals surface area contributed by atoms with E-state index >= 15 is 0 Å². The van der Waals surface area contributed by atoms with E-state index < -0.39 is 0 Å². The summed E-state index contributed by atoms with van der Waals surface area (Å²) in [4.78, 5) is 39.6. The number of rotatable bonds is 8. The molecule has 1 aliphatic rings. The van der Waals surface area contributed by atoms with Crippen LogP contribution in [-0.2, 0) is 20.8 Å². The molecule has 3 aromatic carbocycles. The van der Waals surface area contributed by atoms with Crippen LogP contribution in [0.25, 0.3) is 5.57 Å². The molecule has 0 unspecified atom stereocenters. The summed E-state index contributed by atoms with van der Waals surface area (Å²) >= 11 is 0. The smallest absolute Gasteiger partial charge is 0.278 e. The number of amides is 3. The van der Waals surface area contributed by atoms with Crippen molar-refractivity contribution in [3.8, 4) is 0 Å². The molecular weight excluding hydrogens is 438 g/mol. The highest BCUT2D eigenvalue weighted by Crippen LogP contribution is 2.31. The number of nitrogens with zero attached hydrogens (tertiary/aromatic N) is 1. The number of hydrogen-bond donors (Lipinski definition) is 2. The molecule has 35 heavy (non-hydrogen) atoms. The van der Waals surface area contributed by atoms with Gasteiger partial charge >= 0.3 is 0 Å². The van der Waals surface area contributed by atoms with Crippen LogP contribution in [0.2, 0.25) is 0 Å². The molecule has 0 fully saturated rings. The monoisotopic (exact) mass is 467 g/mol. The van der Waals surface area contributed by atoms with E-state index in [1.54, 1.807) is 24.3 Å². The van der Waals surface area contributed by atoms with Crippen molar-refractivity contribution in [3.05, 3.63) is 101 Å². The number of anilines is 2. The first kappa shape index (κ1) is 24.0. The van der Waals surface area contributed by atoms with Crippen LogP contribution in [-0.4, -0.2) is 29.2 Å². The zero-order valence-corrected chi connectivity index (χ0v) is 20.2. The molecule has 3 amide bonds. The summed E-state index contributed by atoms with van der Waals surface area (Å²) in [6, 6.07) is 24.6. The lowest BCUT2D eigenvalue weighted by molar-refractivity contribution is -0.136. The van der Waals surface area contributed by atoms with E-state index in [0.717, 1.165) is 11.3 Å². The Bertz CT molecular complexity index is 1260. The second kappa shape index (κ2) is 10.4. The van der Waals surface area contributed by atoms with Crippen molar-refractivity contribution >= 4 is 34.7 Å². The molecule has 1 heterocycles. The highest BCUT2D eigenvalue weighted by atomic mass is 16.2. The first-order chi connectivity index (χ1) is 16.8. The van der Waals surface area contributed by atoms with Crippen LogP contribution in [0, 0.1) is 0 Å². The lowest BCUT2D eigenvalue weighted by atomic mass is 10.0. The third-order valence-corrected chi connectivity index (χ3v) is 5.98. The van der Waals surface area contributed by atoms with Crippen LogP contribution >= 0.6 is 0 Å². The maximum absolute atomic E-state index is 13.5. The SMILES string of the molecule is CC(=O)Nc1ccc(C2=C(Nc3ccc(C(C)C)cc3)C(=O)N(CCc3ccccc3)C2=O)cc1. The molecule has 4 rings (SSSR count). The summed E-state index contributed by atoms with van der Waals surface area (Å²) in [5, 5.41) is 5.93. The first-order valence-electron chi connectivity index (χ1n) is 11.7. The zero-order valence-electron chi connectivity index (χ0n) is 20.2. The van der Waals surface area contributed by atoms with Crippen LogP contribution in [0.1, 0.15) is 43.4 Å². The van der Waals surface area contributed by atoms with Gasteiger partial charge in [0.25, 0.3) is 11.8 Å². The van der Waals surface area contributed by atoms with E-state index in [9.17, 15) is 14.4 Å². The predicted octanol–water partition coefficient (Wildman–Crippen LogP) is 5.20. The molecule has 0 aromatic heterocycles. The van der Waals surface area contributed by atoms with Gasteiger partial charge < -0.3 is 10.6 Å². The van der Waals surface area contributed by atoms with E-state index in [0.29, 0.717) is 29.2 Å². The van der Waals surface area contributed by atoms with Gasteiger partial charge in [0, 0.05) is 24.8 Å². The molecule has 0 atom stereocenters. The van der Waals surface area contributed by atoms with Gasteiger partial charge in [0.1, 0.15) is 5.70 Å². The van der Waals surface area contributed by atoms with Crippen molar-refractivity contribution in [1.29, 1.82) is 0 Å². The number of hydrogen-bond acceptors (Lipinski definition) is 4. The fourth-order valence-corrected chi connectivity index (χ4v) is 4.07. The van der Waals surface area contributed by atoms with Gasteiger partial charge in [-0.25, -0.2) is 0 Å². The number of carbonyl (C=O) groups is 3. The fourth-order valence-electron chi connectivity index (χ4n) is 4.07. The molecule has 1 aliphatic heterocycles. The fraction of sp³-hybridized carbons (Fsp3) is 0.207. The number of benzene rings is 3. The number of carbonyl (C=O) groups excluding carboxylic acids is 3. The molecule has 6 heteroatoms. The second-order valence-corrected chi connectivity index (χ2v) is 8.91. The summed E-state index contributed by atoms with van der Waals surface area (Å²) < 4.78 is 0. The Morgan fingerprint density at radius 2 is 1.46 bits per heavy atom. The van der Waals surface area contributed by atoms with Gasteiger partial charge in [-0.2, -0.15) is 0 Å². The summed E-state index contributed by atoms with van der Waals surface area (Å²) in [7, 11) is 0. The van der Waals surface area contributed by atoms with Crippen molar-refractivity contribution < 1.29 is 14.4 Å². The molecule has 0 spiro atoms. The lowest BCUT2D eigenvalue weighted by Gasteiger charge is -2.15. The minimum absolute atomic E-state index is 0.177. The average molecular weight is 468 g/mol. The molecule has 0 aliphatic carbocycles. The van der Waals surface area contributed by atoms with E-state index in [1.165, 1.54) is 17.4 Å². The maximum Gasteiger partial charge on any atom is 0.278 e. The van der Waals surface area contributed by atoms with Crippen molar-refractivity contribution in [1.82, 2.24) is 4.90 Å². The van der Waals surface area contributed by atoms with E-state index in [-0.39, 0.29) is 30.0 Å². The predicted molar refractivity (Wildman–Crippen MR) is 139 cm³/mol. The zero-order chi connectivity index (χ0) is 24.9. The molecule has 0 bridgehead atoms. The van der Waals surface area contributed by atoms with Crippen molar-refractivity contribution in [2.75, 3.05) is 17.2 Å². The van der Waals surface area contributed by atoms with Crippen molar-refractivity contribution in [2.24, 2.45) is 0 Å². The number of imide groups is 1. The minimum Gasteiger partial charge on any atom is -0.350 e. The topological polar surface area (TPSA) is 78.5 Å². The van der Waals surface area contributed by atoms with Crippen molar-refractivity contribution in [2.45, 2.75) is 33.1 Å². The third-order valence-electron chi connectivity index (χ3n) is 5.98. The molecule has 6 nitrogen and oxygen atoms in total. The van der Waals surface area contributed by atoms with Gasteiger partial charge in [0.15, 0.2) is 0 Å². The van der Waals surface area contributed by atoms with Crippen LogP contribution in [0.15, 0.2) is 84.6 Å². The standard InChI is InChI=1S/C29H29N3O3/c1-19(2)22-9-13-25(14-10-22)31-27-26(23-11-15-24(16-12-23)30-20(3)33)28(34)32(29(27)35)18-17-21-7-5-4-6-8-21/h4-16,19,31H,17-18H2,1-3H3,(H,30,33). The Kier molecular flexibility index (Phi) is 7.11. The van der Waals surface area contributed by atoms with E-state index in [1.807, 2.05) is 54.6 Å². The molecule has 0 radical (unpaired) electrons. The maximum atomic E-state index is 13.5. The molecule has 3 aromatic rings. The Labute approximate surface area is 205 Å². The van der Waals surface area contributed by atoms with Crippen LogP contribution in [0.4, 0.5) is 11.4 Å². The Morgan fingerprint density at radius 1 is 0.829 bits per heavy atom. The summed E-state index contributed by atoms with van der Waals surface area (Å²) in [5.41, 5.74) is 4.80. The van der Waals surface area contributed by atoms with E-state index in [2.05, 4.69) is 24.5 Å². The van der Waals surface area contributed by atoms with Crippen LogP contribution < -0.4 is 10.6 Å². The quantitative estimate of drug-likeness (QED) is 0.446. The lowest BCUT2D eigenvalue weighted by Crippen LogP contribution is -2.34. The average Bonchev–Trinajstić information content (AvgIpc) is 3.07. The second-order valence-electron chi connectivity index (χ2n) is 8.91. The van der Waals surface area contributed by atoms with Gasteiger partial charge in [-0.15, -0.1) is 0 Å². The molecule has 178 valence electrons. The van der Waals surface area contributed by atoms with Gasteiger partial charge in [0.2, 0.25) is 5.91 Å². The van der Waals surface area contributed by atoms with E-state index in [4.69, 9.17) is 0 Å². The largest absolute Gasteiger partial charge is 0.350 e. The van der Waals surface area contributed by atoms with Crippen LogP contribution in [0.3, 0.4) is 0 Å². The van der Waals surface area contributed by atoms with Gasteiger partial charge in [0.05, 0.1) is 5.57 Å². The molecular formula is C29H29N3O3. The molecule has 2 N–H and O–H groups in total. The molecule has 0 saturated carbocycles. The highest BCUT2D eigenvalue weighted by molar-refractivity contribution is 6.36. The Morgan fingerprint density at radius 3 is 2.06 bits per heavy atom. The Hall–Kier alpha value is -4.19. The first-order valence-corrected chi connectivity index (χ1v) is 11.7. The Balaban J connectivity index is 1.65.